The summed E-state index contributed by atoms with van der Waals surface area (Å²) in [6, 6.07) is 0. The average Bonchev–Trinajstić information content (AvgIpc) is 2.84. The number of Topliss-reactive ketones (excluding diaryl/α,β-unsaturated/α-hetero) is 1. The molecule has 0 heterocycles. The van der Waals surface area contributed by atoms with E-state index in [2.05, 4.69) is 14.8 Å². The zero-order valence-corrected chi connectivity index (χ0v) is 31.6. The largest absolute Gasteiger partial charge is 0.463 e. The molecule has 1 atom stereocenters. The van der Waals surface area contributed by atoms with E-state index in [0.29, 0.717) is 25.2 Å². The van der Waals surface area contributed by atoms with Gasteiger partial charge < -0.3 is 24.3 Å². The van der Waals surface area contributed by atoms with Crippen molar-refractivity contribution in [3.63, 3.8) is 0 Å². The van der Waals surface area contributed by atoms with Crippen LogP contribution in [0.5, 0.6) is 0 Å². The minimum atomic E-state index is -0.816. The molecule has 0 radical (unpaired) electrons. The quantitative estimate of drug-likeness (QED) is 0.105. The van der Waals surface area contributed by atoms with E-state index in [1.807, 2.05) is 34.6 Å². The fourth-order valence-electron chi connectivity index (χ4n) is 2.27. The highest BCUT2D eigenvalue weighted by molar-refractivity contribution is 5.87. The maximum Gasteiger partial charge on any atom is 0.318 e. The van der Waals surface area contributed by atoms with Crippen molar-refractivity contribution in [1.29, 1.82) is 0 Å². The number of esters is 5. The average molecular weight is 662 g/mol. The summed E-state index contributed by atoms with van der Waals surface area (Å²) in [4.78, 5) is 76.0. The number of carbonyl (C=O) groups excluding carboxylic acids is 7. The molecule has 0 aliphatic rings. The van der Waals surface area contributed by atoms with Crippen LogP contribution >= 0.6 is 0 Å². The fraction of sp³-hybridized carbons (Fsp3) is 0.794. The van der Waals surface area contributed by atoms with Crippen molar-refractivity contribution in [3.05, 3.63) is 0 Å². The molecule has 0 saturated heterocycles. The van der Waals surface area contributed by atoms with E-state index in [1.54, 1.807) is 62.3 Å². The van der Waals surface area contributed by atoms with Gasteiger partial charge in [0, 0.05) is 39.0 Å². The summed E-state index contributed by atoms with van der Waals surface area (Å²) in [5.41, 5.74) is -1.78. The summed E-state index contributed by atoms with van der Waals surface area (Å²) in [7, 11) is 0. The van der Waals surface area contributed by atoms with E-state index in [0.717, 1.165) is 6.42 Å². The van der Waals surface area contributed by atoms with E-state index in [9.17, 15) is 33.6 Å². The third-order valence-electron chi connectivity index (χ3n) is 4.97. The Kier molecular flexibility index (Phi) is 24.9. The van der Waals surface area contributed by atoms with Crippen LogP contribution in [-0.4, -0.2) is 61.0 Å². The lowest BCUT2D eigenvalue weighted by Crippen LogP contribution is -2.30. The Labute approximate surface area is 277 Å². The second-order valence-corrected chi connectivity index (χ2v) is 14.5. The first-order valence-electron chi connectivity index (χ1n) is 15.5. The second-order valence-electron chi connectivity index (χ2n) is 14.5. The highest BCUT2D eigenvalue weighted by Gasteiger charge is 2.26. The maximum atomic E-state index is 11.3. The monoisotopic (exact) mass is 661 g/mol. The van der Waals surface area contributed by atoms with E-state index in [4.69, 9.17) is 9.47 Å². The highest BCUT2D eigenvalue weighted by Crippen LogP contribution is 2.17. The topological polar surface area (TPSA) is 168 Å². The molecule has 12 heteroatoms. The van der Waals surface area contributed by atoms with Gasteiger partial charge in [-0.15, -0.1) is 0 Å². The summed E-state index contributed by atoms with van der Waals surface area (Å²) in [5, 5.41) is 2.67. The molecule has 0 spiro atoms. The Morgan fingerprint density at radius 1 is 0.609 bits per heavy atom. The summed E-state index contributed by atoms with van der Waals surface area (Å²) < 4.78 is 18.8. The smallest absolute Gasteiger partial charge is 0.318 e. The van der Waals surface area contributed by atoms with Crippen LogP contribution in [0.15, 0.2) is 0 Å². The lowest BCUT2D eigenvalue weighted by Gasteiger charge is -2.20. The normalized spacial score (nSPS) is 11.7. The molecule has 0 bridgehead atoms. The van der Waals surface area contributed by atoms with Crippen LogP contribution in [0.1, 0.15) is 137 Å². The first-order valence-corrected chi connectivity index (χ1v) is 15.5. The van der Waals surface area contributed by atoms with Gasteiger partial charge in [0.15, 0.2) is 0 Å². The number of carbonyl (C=O) groups is 7. The number of ether oxygens (including phenoxy) is 4. The van der Waals surface area contributed by atoms with Crippen molar-refractivity contribution < 1.29 is 52.5 Å². The first kappa shape index (κ1) is 49.6. The number of hydrogen-bond donors (Lipinski definition) is 1. The van der Waals surface area contributed by atoms with Gasteiger partial charge in [0.25, 0.3) is 0 Å². The number of nitrogens with one attached hydrogen (secondary N) is 1. The van der Waals surface area contributed by atoms with Gasteiger partial charge in [0.1, 0.15) is 12.4 Å². The predicted octanol–water partition coefficient (Wildman–Crippen LogP) is 6.11. The zero-order chi connectivity index (χ0) is 37.7. The lowest BCUT2D eigenvalue weighted by molar-refractivity contribution is -0.189. The SMILES string of the molecule is CC(=O)OC(=O)C(C)(C)C.CC(=O)OC(C)OC(=O)C(C)(C)C.CCC(=O)C(C)(C)C.CCCC(=O)NCCOC(=O)C(C)(C)C. The minimum Gasteiger partial charge on any atom is -0.463 e. The fourth-order valence-corrected chi connectivity index (χ4v) is 2.27. The lowest BCUT2D eigenvalue weighted by atomic mass is 9.90. The molecule has 46 heavy (non-hydrogen) atoms. The summed E-state index contributed by atoms with van der Waals surface area (Å²) in [6.45, 7) is 29.9. The van der Waals surface area contributed by atoms with Gasteiger partial charge in [-0.2, -0.15) is 0 Å². The zero-order valence-electron chi connectivity index (χ0n) is 31.6. The first-order chi connectivity index (χ1) is 20.4. The highest BCUT2D eigenvalue weighted by atomic mass is 16.7. The molecule has 12 nitrogen and oxygen atoms in total. The van der Waals surface area contributed by atoms with Crippen LogP contribution in [0, 0.1) is 21.7 Å². The van der Waals surface area contributed by atoms with E-state index in [-0.39, 0.29) is 29.9 Å². The molecule has 0 aliphatic carbocycles. The summed E-state index contributed by atoms with van der Waals surface area (Å²) in [6.07, 6.45) is 1.19. The van der Waals surface area contributed by atoms with Crippen molar-refractivity contribution >= 4 is 41.5 Å². The second kappa shape index (κ2) is 23.1. The summed E-state index contributed by atoms with van der Waals surface area (Å²) in [5.74, 6) is -1.80. The number of ketones is 1. The van der Waals surface area contributed by atoms with Gasteiger partial charge >= 0.3 is 29.8 Å². The number of hydrogen-bond acceptors (Lipinski definition) is 11. The number of amides is 1. The molecule has 0 fully saturated rings. The van der Waals surface area contributed by atoms with Crippen molar-refractivity contribution in [1.82, 2.24) is 5.32 Å². The number of rotatable bonds is 8. The van der Waals surface area contributed by atoms with Crippen LogP contribution < -0.4 is 5.32 Å². The van der Waals surface area contributed by atoms with Gasteiger partial charge in [-0.1, -0.05) is 34.6 Å². The predicted molar refractivity (Wildman–Crippen MR) is 176 cm³/mol. The Bertz CT molecular complexity index is 973. The van der Waals surface area contributed by atoms with Crippen molar-refractivity contribution in [3.8, 4) is 0 Å². The molecule has 0 aromatic rings. The molecule has 1 N–H and O–H groups in total. The van der Waals surface area contributed by atoms with Crippen molar-refractivity contribution in [2.75, 3.05) is 13.2 Å². The van der Waals surface area contributed by atoms with E-state index < -0.39 is 40.4 Å². The third-order valence-corrected chi connectivity index (χ3v) is 4.97. The van der Waals surface area contributed by atoms with Gasteiger partial charge in [-0.3, -0.25) is 33.6 Å². The molecule has 1 amide bonds. The molecule has 0 aliphatic heterocycles. The van der Waals surface area contributed by atoms with Gasteiger partial charge in [-0.25, -0.2) is 0 Å². The van der Waals surface area contributed by atoms with Crippen molar-refractivity contribution in [2.24, 2.45) is 21.7 Å². The molecule has 1 unspecified atom stereocenters. The van der Waals surface area contributed by atoms with Gasteiger partial charge in [0.2, 0.25) is 12.2 Å². The van der Waals surface area contributed by atoms with Crippen LogP contribution in [0.3, 0.4) is 0 Å². The molecule has 0 aromatic heterocycles. The Morgan fingerprint density at radius 3 is 1.30 bits per heavy atom. The Balaban J connectivity index is -0.000000262. The van der Waals surface area contributed by atoms with Crippen LogP contribution in [0.25, 0.3) is 0 Å². The van der Waals surface area contributed by atoms with Crippen LogP contribution in [0.4, 0.5) is 0 Å². The molecular formula is C34H63NO11. The Hall–Kier alpha value is -3.31. The van der Waals surface area contributed by atoms with Crippen LogP contribution in [0.2, 0.25) is 0 Å². The van der Waals surface area contributed by atoms with Crippen LogP contribution in [-0.2, 0) is 52.5 Å². The standard InChI is InChI=1S/C11H21NO3.C9H16O4.C7H12O3.C7H14O/c1-5-6-9(13)12-7-8-15-10(14)11(2,3)4;1-6(10)12-7(2)13-8(11)9(3,4)5;1-5(8)10-6(9)7(2,3)4;1-5-6(8)7(2,3)4/h5-8H2,1-4H3,(H,12,13);7H,1-5H3;1-4H3;5H2,1-4H3. The molecule has 0 rings (SSSR count). The Morgan fingerprint density at radius 2 is 1.04 bits per heavy atom. The molecule has 0 saturated carbocycles. The van der Waals surface area contributed by atoms with Crippen molar-refractivity contribution in [2.45, 2.75) is 143 Å². The molecular weight excluding hydrogens is 598 g/mol. The third kappa shape index (κ3) is 32.1. The van der Waals surface area contributed by atoms with Gasteiger partial charge in [-0.05, 0) is 68.7 Å². The molecule has 270 valence electrons. The molecule has 0 aromatic carbocycles. The minimum absolute atomic E-state index is 0.00399. The van der Waals surface area contributed by atoms with E-state index in [1.165, 1.54) is 20.8 Å². The summed E-state index contributed by atoms with van der Waals surface area (Å²) >= 11 is 0. The van der Waals surface area contributed by atoms with Gasteiger partial charge in [0.05, 0.1) is 22.8 Å². The van der Waals surface area contributed by atoms with E-state index >= 15 is 0 Å². The maximum absolute atomic E-state index is 11.3.